The summed E-state index contributed by atoms with van der Waals surface area (Å²) in [6.45, 7) is 5.38. The molecule has 0 radical (unpaired) electrons. The summed E-state index contributed by atoms with van der Waals surface area (Å²) < 4.78 is 13.3. The molecule has 1 fully saturated rings. The zero-order chi connectivity index (χ0) is 21.6. The van der Waals surface area contributed by atoms with E-state index < -0.39 is 0 Å². The fourth-order valence-corrected chi connectivity index (χ4v) is 4.35. The van der Waals surface area contributed by atoms with Crippen molar-refractivity contribution in [2.24, 2.45) is 10.7 Å². The second kappa shape index (κ2) is 9.75. The summed E-state index contributed by atoms with van der Waals surface area (Å²) in [6, 6.07) is 27.7. The first-order valence-electron chi connectivity index (χ1n) is 10.8. The molecular weight excluding hydrogens is 387 g/mol. The summed E-state index contributed by atoms with van der Waals surface area (Å²) in [5.41, 5.74) is 9.53. The molecule has 3 aromatic carbocycles. The molecule has 2 atom stereocenters. The summed E-state index contributed by atoms with van der Waals surface area (Å²) in [6.07, 6.45) is 0. The number of benzene rings is 3. The van der Waals surface area contributed by atoms with E-state index in [-0.39, 0.29) is 17.9 Å². The van der Waals surface area contributed by atoms with E-state index in [2.05, 4.69) is 58.3 Å². The number of rotatable bonds is 6. The molecule has 1 aliphatic heterocycles. The lowest BCUT2D eigenvalue weighted by Gasteiger charge is -2.42. The smallest absolute Gasteiger partial charge is 0.123 e. The lowest BCUT2D eigenvalue weighted by molar-refractivity contribution is 0.162. The number of piperazine rings is 1. The maximum atomic E-state index is 13.3. The monoisotopic (exact) mass is 416 g/mol. The number of aliphatic imine (C=N–C) groups is 1. The summed E-state index contributed by atoms with van der Waals surface area (Å²) in [7, 11) is 0. The minimum Gasteiger partial charge on any atom is -0.388 e. The summed E-state index contributed by atoms with van der Waals surface area (Å²) in [5.74, 6) is 0.381. The molecule has 0 unspecified atom stereocenters. The van der Waals surface area contributed by atoms with Crippen molar-refractivity contribution in [1.82, 2.24) is 4.90 Å². The van der Waals surface area contributed by atoms with Crippen LogP contribution in [0.1, 0.15) is 30.1 Å². The first-order chi connectivity index (χ1) is 15.1. The van der Waals surface area contributed by atoms with Gasteiger partial charge in [-0.25, -0.2) is 4.39 Å². The van der Waals surface area contributed by atoms with Crippen LogP contribution in [0.2, 0.25) is 0 Å². The second-order valence-electron chi connectivity index (χ2n) is 7.98. The van der Waals surface area contributed by atoms with Crippen LogP contribution in [0.4, 0.5) is 10.1 Å². The molecule has 0 bridgehead atoms. The highest BCUT2D eigenvalue weighted by atomic mass is 19.1. The molecule has 2 N–H and O–H groups in total. The first-order valence-corrected chi connectivity index (χ1v) is 10.8. The molecule has 5 heteroatoms. The molecule has 160 valence electrons. The molecule has 4 rings (SSSR count). The fourth-order valence-electron chi connectivity index (χ4n) is 4.35. The van der Waals surface area contributed by atoms with Crippen LogP contribution in [0, 0.1) is 5.82 Å². The van der Waals surface area contributed by atoms with Gasteiger partial charge in [-0.1, -0.05) is 60.7 Å². The third-order valence-corrected chi connectivity index (χ3v) is 5.82. The van der Waals surface area contributed by atoms with Crippen molar-refractivity contribution in [1.29, 1.82) is 0 Å². The highest BCUT2D eigenvalue weighted by Gasteiger charge is 2.32. The van der Waals surface area contributed by atoms with E-state index in [0.29, 0.717) is 5.84 Å². The van der Waals surface area contributed by atoms with Crippen molar-refractivity contribution >= 4 is 11.5 Å². The third kappa shape index (κ3) is 5.12. The predicted octanol–water partition coefficient (Wildman–Crippen LogP) is 4.81. The zero-order valence-electron chi connectivity index (χ0n) is 17.9. The Kier molecular flexibility index (Phi) is 6.63. The number of amidine groups is 1. The molecule has 0 saturated carbocycles. The summed E-state index contributed by atoms with van der Waals surface area (Å²) in [5, 5.41) is 0. The molecule has 1 aliphatic rings. The number of halogens is 1. The highest BCUT2D eigenvalue weighted by Crippen LogP contribution is 2.38. The minimum atomic E-state index is -0.202. The molecule has 3 aromatic rings. The van der Waals surface area contributed by atoms with Crippen LogP contribution in [0.3, 0.4) is 0 Å². The van der Waals surface area contributed by atoms with E-state index in [4.69, 9.17) is 10.7 Å². The Morgan fingerprint density at radius 1 is 0.806 bits per heavy atom. The lowest BCUT2D eigenvalue weighted by atomic mass is 9.91. The van der Waals surface area contributed by atoms with E-state index in [1.54, 1.807) is 0 Å². The average molecular weight is 417 g/mol. The number of hydrogen-bond donors (Lipinski definition) is 1. The zero-order valence-corrected chi connectivity index (χ0v) is 17.9. The Hall–Kier alpha value is -3.18. The van der Waals surface area contributed by atoms with Crippen molar-refractivity contribution < 1.29 is 4.39 Å². The standard InChI is InChI=1S/C26H29FN4/c1-20(28)29-25(21-8-4-2-5-9-21)26(22-10-6-3-7-11-22)31-18-16-30(17-19-31)24-14-12-23(27)13-15-24/h2-15,25-26H,16-19H2,1H3,(H2,28,29)/t25-,26+/m1/s1. The van der Waals surface area contributed by atoms with Gasteiger partial charge in [-0.3, -0.25) is 9.89 Å². The van der Waals surface area contributed by atoms with Crippen LogP contribution in [0.15, 0.2) is 89.9 Å². The molecule has 0 spiro atoms. The van der Waals surface area contributed by atoms with Gasteiger partial charge in [0.1, 0.15) is 5.82 Å². The van der Waals surface area contributed by atoms with Crippen LogP contribution in [0.5, 0.6) is 0 Å². The Morgan fingerprint density at radius 3 is 1.90 bits per heavy atom. The van der Waals surface area contributed by atoms with Crippen LogP contribution < -0.4 is 10.6 Å². The molecule has 1 heterocycles. The maximum absolute atomic E-state index is 13.3. The quantitative estimate of drug-likeness (QED) is 0.463. The first kappa shape index (κ1) is 21.1. The Labute approximate surface area is 183 Å². The molecule has 4 nitrogen and oxygen atoms in total. The second-order valence-corrected chi connectivity index (χ2v) is 7.98. The van der Waals surface area contributed by atoms with Gasteiger partial charge >= 0.3 is 0 Å². The topological polar surface area (TPSA) is 44.9 Å². The van der Waals surface area contributed by atoms with E-state index in [1.807, 2.05) is 31.2 Å². The number of nitrogens with zero attached hydrogens (tertiary/aromatic N) is 3. The van der Waals surface area contributed by atoms with Gasteiger partial charge in [-0.2, -0.15) is 0 Å². The van der Waals surface area contributed by atoms with Gasteiger partial charge in [0.15, 0.2) is 0 Å². The third-order valence-electron chi connectivity index (χ3n) is 5.82. The fraction of sp³-hybridized carbons (Fsp3) is 0.269. The van der Waals surface area contributed by atoms with Gasteiger partial charge < -0.3 is 10.6 Å². The lowest BCUT2D eigenvalue weighted by Crippen LogP contribution is -2.48. The maximum Gasteiger partial charge on any atom is 0.123 e. The number of anilines is 1. The van der Waals surface area contributed by atoms with Gasteiger partial charge in [0.05, 0.1) is 17.9 Å². The van der Waals surface area contributed by atoms with Crippen LogP contribution in [-0.2, 0) is 0 Å². The SMILES string of the molecule is CC(N)=N[C@H](c1ccccc1)[C@H](c1ccccc1)N1CCN(c2ccc(F)cc2)CC1. The highest BCUT2D eigenvalue weighted by molar-refractivity contribution is 5.77. The van der Waals surface area contributed by atoms with E-state index in [9.17, 15) is 4.39 Å². The van der Waals surface area contributed by atoms with Crippen molar-refractivity contribution in [2.45, 2.75) is 19.0 Å². The van der Waals surface area contributed by atoms with Crippen molar-refractivity contribution in [3.63, 3.8) is 0 Å². The Morgan fingerprint density at radius 2 is 1.35 bits per heavy atom. The number of nitrogens with two attached hydrogens (primary N) is 1. The van der Waals surface area contributed by atoms with Gasteiger partial charge in [0, 0.05) is 31.9 Å². The van der Waals surface area contributed by atoms with Crippen molar-refractivity contribution in [3.8, 4) is 0 Å². The van der Waals surface area contributed by atoms with E-state index in [1.165, 1.54) is 17.7 Å². The average Bonchev–Trinajstić information content (AvgIpc) is 2.81. The molecule has 1 saturated heterocycles. The Balaban J connectivity index is 1.63. The van der Waals surface area contributed by atoms with Crippen LogP contribution >= 0.6 is 0 Å². The molecule has 0 aromatic heterocycles. The van der Waals surface area contributed by atoms with Gasteiger partial charge in [0.25, 0.3) is 0 Å². The van der Waals surface area contributed by atoms with Crippen molar-refractivity contribution in [2.75, 3.05) is 31.1 Å². The van der Waals surface area contributed by atoms with Crippen molar-refractivity contribution in [3.05, 3.63) is 102 Å². The minimum absolute atomic E-state index is 0.0810. The summed E-state index contributed by atoms with van der Waals surface area (Å²) >= 11 is 0. The predicted molar refractivity (Wildman–Crippen MR) is 126 cm³/mol. The molecular formula is C26H29FN4. The van der Waals surface area contributed by atoms with Gasteiger partial charge in [0.2, 0.25) is 0 Å². The summed E-state index contributed by atoms with van der Waals surface area (Å²) in [4.78, 5) is 9.70. The van der Waals surface area contributed by atoms with Gasteiger partial charge in [-0.15, -0.1) is 0 Å². The van der Waals surface area contributed by atoms with Crippen LogP contribution in [-0.4, -0.2) is 36.9 Å². The molecule has 0 aliphatic carbocycles. The molecule has 0 amide bonds. The normalized spacial score (nSPS) is 17.4. The number of hydrogen-bond acceptors (Lipinski definition) is 3. The van der Waals surface area contributed by atoms with E-state index in [0.717, 1.165) is 37.4 Å². The van der Waals surface area contributed by atoms with E-state index >= 15 is 0 Å². The van der Waals surface area contributed by atoms with Gasteiger partial charge in [-0.05, 0) is 42.3 Å². The van der Waals surface area contributed by atoms with Crippen LogP contribution in [0.25, 0.3) is 0 Å². The Bertz CT molecular complexity index is 977. The largest absolute Gasteiger partial charge is 0.388 e. The molecule has 31 heavy (non-hydrogen) atoms.